The van der Waals surface area contributed by atoms with Gasteiger partial charge in [0, 0.05) is 17.5 Å². The van der Waals surface area contributed by atoms with Crippen LogP contribution in [0, 0.1) is 17.0 Å². The molecule has 0 saturated heterocycles. The van der Waals surface area contributed by atoms with Crippen molar-refractivity contribution in [2.24, 2.45) is 0 Å². The predicted octanol–water partition coefficient (Wildman–Crippen LogP) is 3.85. The SMILES string of the molecule is Cc1cccc2sc(Nc3nc4nncn4c4cc([N+](=O)[O-])ccc34)nc12. The highest BCUT2D eigenvalue weighted by Crippen LogP contribution is 2.33. The zero-order valence-electron chi connectivity index (χ0n) is 13.9. The molecule has 0 amide bonds. The monoisotopic (exact) mass is 377 g/mol. The van der Waals surface area contributed by atoms with Crippen molar-refractivity contribution in [1.29, 1.82) is 0 Å². The van der Waals surface area contributed by atoms with Crippen molar-refractivity contribution in [3.63, 3.8) is 0 Å². The van der Waals surface area contributed by atoms with Crippen molar-refractivity contribution in [2.45, 2.75) is 6.92 Å². The zero-order chi connectivity index (χ0) is 18.5. The Labute approximate surface area is 155 Å². The van der Waals surface area contributed by atoms with Crippen LogP contribution in [-0.2, 0) is 0 Å². The summed E-state index contributed by atoms with van der Waals surface area (Å²) in [7, 11) is 0. The summed E-state index contributed by atoms with van der Waals surface area (Å²) in [5.74, 6) is 0.875. The first kappa shape index (κ1) is 15.6. The third-order valence-corrected chi connectivity index (χ3v) is 5.23. The third-order valence-electron chi connectivity index (χ3n) is 4.29. The zero-order valence-corrected chi connectivity index (χ0v) is 14.8. The number of thiazole rings is 1. The maximum absolute atomic E-state index is 11.2. The molecule has 10 heteroatoms. The van der Waals surface area contributed by atoms with Gasteiger partial charge in [-0.2, -0.15) is 4.98 Å². The van der Waals surface area contributed by atoms with E-state index in [0.717, 1.165) is 15.8 Å². The smallest absolute Gasteiger partial charge is 0.271 e. The van der Waals surface area contributed by atoms with Crippen LogP contribution in [0.2, 0.25) is 0 Å². The Hall–Kier alpha value is -3.66. The highest BCUT2D eigenvalue weighted by Gasteiger charge is 2.15. The average Bonchev–Trinajstić information content (AvgIpc) is 3.28. The second-order valence-electron chi connectivity index (χ2n) is 5.99. The van der Waals surface area contributed by atoms with Crippen molar-refractivity contribution in [1.82, 2.24) is 24.6 Å². The summed E-state index contributed by atoms with van der Waals surface area (Å²) < 4.78 is 2.69. The fourth-order valence-corrected chi connectivity index (χ4v) is 3.95. The maximum Gasteiger partial charge on any atom is 0.271 e. The number of hydrogen-bond donors (Lipinski definition) is 1. The highest BCUT2D eigenvalue weighted by atomic mass is 32.1. The molecule has 3 aromatic heterocycles. The lowest BCUT2D eigenvalue weighted by molar-refractivity contribution is -0.384. The molecule has 2 aromatic carbocycles. The van der Waals surface area contributed by atoms with E-state index in [1.54, 1.807) is 10.5 Å². The minimum Gasteiger partial charge on any atom is -0.316 e. The van der Waals surface area contributed by atoms with Gasteiger partial charge in [0.25, 0.3) is 11.5 Å². The Morgan fingerprint density at radius 2 is 2.11 bits per heavy atom. The molecule has 9 nitrogen and oxygen atoms in total. The molecule has 132 valence electrons. The molecule has 5 rings (SSSR count). The minimum absolute atomic E-state index is 0.00902. The molecule has 0 atom stereocenters. The number of aryl methyl sites for hydroxylation is 1. The first-order valence-electron chi connectivity index (χ1n) is 8.01. The van der Waals surface area contributed by atoms with Crippen LogP contribution in [0.1, 0.15) is 5.56 Å². The molecule has 0 aliphatic heterocycles. The third kappa shape index (κ3) is 2.46. The molecule has 0 aliphatic rings. The molecule has 0 fully saturated rings. The Morgan fingerprint density at radius 1 is 1.22 bits per heavy atom. The molecule has 0 aliphatic carbocycles. The fourth-order valence-electron chi connectivity index (χ4n) is 3.00. The van der Waals surface area contributed by atoms with Crippen LogP contribution in [0.5, 0.6) is 0 Å². The molecule has 3 heterocycles. The molecule has 27 heavy (non-hydrogen) atoms. The molecule has 1 N–H and O–H groups in total. The summed E-state index contributed by atoms with van der Waals surface area (Å²) in [4.78, 5) is 19.9. The van der Waals surface area contributed by atoms with Crippen molar-refractivity contribution in [3.05, 3.63) is 58.4 Å². The topological polar surface area (TPSA) is 111 Å². The number of anilines is 2. The van der Waals surface area contributed by atoms with Gasteiger partial charge in [0.15, 0.2) is 5.13 Å². The molecule has 0 radical (unpaired) electrons. The van der Waals surface area contributed by atoms with Gasteiger partial charge in [-0.3, -0.25) is 14.5 Å². The summed E-state index contributed by atoms with van der Waals surface area (Å²) in [5.41, 5.74) is 2.62. The van der Waals surface area contributed by atoms with Crippen LogP contribution in [0.15, 0.2) is 42.7 Å². The number of nitro groups is 1. The molecule has 0 spiro atoms. The lowest BCUT2D eigenvalue weighted by Crippen LogP contribution is -2.00. The van der Waals surface area contributed by atoms with E-state index in [-0.39, 0.29) is 5.69 Å². The number of nitrogens with one attached hydrogen (secondary N) is 1. The summed E-state index contributed by atoms with van der Waals surface area (Å²) in [6, 6.07) is 10.6. The lowest BCUT2D eigenvalue weighted by atomic mass is 10.2. The number of para-hydroxylation sites is 1. The molecule has 0 unspecified atom stereocenters. The van der Waals surface area contributed by atoms with Crippen molar-refractivity contribution < 1.29 is 4.92 Å². The first-order chi connectivity index (χ1) is 13.1. The van der Waals surface area contributed by atoms with Gasteiger partial charge in [0.1, 0.15) is 12.1 Å². The van der Waals surface area contributed by atoms with E-state index >= 15 is 0 Å². The van der Waals surface area contributed by atoms with E-state index < -0.39 is 4.92 Å². The van der Waals surface area contributed by atoms with Crippen LogP contribution in [0.3, 0.4) is 0 Å². The van der Waals surface area contributed by atoms with Gasteiger partial charge in [-0.05, 0) is 24.6 Å². The summed E-state index contributed by atoms with van der Waals surface area (Å²) >= 11 is 1.52. The second kappa shape index (κ2) is 5.68. The summed E-state index contributed by atoms with van der Waals surface area (Å²) in [6.07, 6.45) is 1.49. The normalized spacial score (nSPS) is 11.4. The number of hydrogen-bond acceptors (Lipinski definition) is 8. The standard InChI is InChI=1S/C17H11N7O2S/c1-9-3-2-4-13-14(9)19-17(27-13)21-15-11-6-5-10(24(25)26)7-12(11)23-8-18-22-16(23)20-15/h2-8H,1H3,(H,19,20,21,22). The van der Waals surface area contributed by atoms with Crippen molar-refractivity contribution in [3.8, 4) is 0 Å². The van der Waals surface area contributed by atoms with Gasteiger partial charge >= 0.3 is 0 Å². The Bertz CT molecular complexity index is 1360. The van der Waals surface area contributed by atoms with E-state index in [0.29, 0.717) is 27.6 Å². The Balaban J connectivity index is 1.71. The van der Waals surface area contributed by atoms with E-state index in [1.165, 1.54) is 29.8 Å². The van der Waals surface area contributed by atoms with Crippen LogP contribution in [0.25, 0.3) is 26.9 Å². The average molecular weight is 377 g/mol. The van der Waals surface area contributed by atoms with Gasteiger partial charge in [-0.1, -0.05) is 23.5 Å². The Morgan fingerprint density at radius 3 is 2.93 bits per heavy atom. The van der Waals surface area contributed by atoms with Gasteiger partial charge in [-0.25, -0.2) is 4.98 Å². The highest BCUT2D eigenvalue weighted by molar-refractivity contribution is 7.22. The number of aromatic nitrogens is 5. The predicted molar refractivity (Wildman–Crippen MR) is 103 cm³/mol. The largest absolute Gasteiger partial charge is 0.316 e. The minimum atomic E-state index is -0.431. The van der Waals surface area contributed by atoms with Crippen molar-refractivity contribution >= 4 is 54.9 Å². The van der Waals surface area contributed by atoms with E-state index in [9.17, 15) is 10.1 Å². The number of rotatable bonds is 3. The molecule has 5 aromatic rings. The summed E-state index contributed by atoms with van der Waals surface area (Å²) in [5, 5.41) is 23.6. The van der Waals surface area contributed by atoms with Gasteiger partial charge in [0.2, 0.25) is 0 Å². The molecular formula is C17H11N7O2S. The van der Waals surface area contributed by atoms with Crippen LogP contribution >= 0.6 is 11.3 Å². The van der Waals surface area contributed by atoms with Gasteiger partial charge < -0.3 is 5.32 Å². The number of non-ortho nitro benzene ring substituents is 1. The molecular weight excluding hydrogens is 366 g/mol. The molecule has 0 bridgehead atoms. The maximum atomic E-state index is 11.2. The number of benzene rings is 2. The van der Waals surface area contributed by atoms with Crippen LogP contribution in [-0.4, -0.2) is 29.5 Å². The lowest BCUT2D eigenvalue weighted by Gasteiger charge is -2.08. The number of fused-ring (bicyclic) bond motifs is 4. The first-order valence-corrected chi connectivity index (χ1v) is 8.83. The van der Waals surface area contributed by atoms with E-state index in [1.807, 2.05) is 25.1 Å². The van der Waals surface area contributed by atoms with Gasteiger partial charge in [0.05, 0.1) is 20.7 Å². The van der Waals surface area contributed by atoms with E-state index in [2.05, 4.69) is 25.5 Å². The van der Waals surface area contributed by atoms with Crippen LogP contribution in [0.4, 0.5) is 16.6 Å². The van der Waals surface area contributed by atoms with E-state index in [4.69, 9.17) is 0 Å². The second-order valence-corrected chi connectivity index (χ2v) is 7.02. The van der Waals surface area contributed by atoms with Crippen LogP contribution < -0.4 is 5.32 Å². The quantitative estimate of drug-likeness (QED) is 0.375. The van der Waals surface area contributed by atoms with Gasteiger partial charge in [-0.15, -0.1) is 10.2 Å². The fraction of sp³-hybridized carbons (Fsp3) is 0.0588. The Kier molecular flexibility index (Phi) is 3.28. The molecule has 0 saturated carbocycles. The van der Waals surface area contributed by atoms with Crippen molar-refractivity contribution in [2.75, 3.05) is 5.32 Å². The number of nitrogens with zero attached hydrogens (tertiary/aromatic N) is 6. The number of nitro benzene ring substituents is 1. The summed E-state index contributed by atoms with van der Waals surface area (Å²) in [6.45, 7) is 2.01.